The molecule has 2 heterocycles. The van der Waals surface area contributed by atoms with Crippen LogP contribution in [0.4, 0.5) is 5.82 Å². The van der Waals surface area contributed by atoms with E-state index in [0.717, 1.165) is 15.7 Å². The molecule has 0 amide bonds. The van der Waals surface area contributed by atoms with Crippen molar-refractivity contribution in [3.63, 3.8) is 0 Å². The van der Waals surface area contributed by atoms with Gasteiger partial charge < -0.3 is 5.32 Å². The van der Waals surface area contributed by atoms with Gasteiger partial charge in [0.1, 0.15) is 11.9 Å². The van der Waals surface area contributed by atoms with Crippen LogP contribution in [0, 0.1) is 18.3 Å². The topological polar surface area (TPSA) is 92.7 Å². The molecule has 0 saturated heterocycles. The Balaban J connectivity index is 2.22. The van der Waals surface area contributed by atoms with E-state index in [1.54, 1.807) is 6.20 Å². The van der Waals surface area contributed by atoms with Crippen molar-refractivity contribution in [3.05, 3.63) is 91.9 Å². The molecule has 0 aliphatic carbocycles. The largest absolute Gasteiger partial charge is 0.358 e. The van der Waals surface area contributed by atoms with E-state index < -0.39 is 17.3 Å². The van der Waals surface area contributed by atoms with Crippen molar-refractivity contribution in [2.75, 3.05) is 5.32 Å². The summed E-state index contributed by atoms with van der Waals surface area (Å²) in [6.45, 7) is 1.98. The Labute approximate surface area is 156 Å². The van der Waals surface area contributed by atoms with E-state index >= 15 is 0 Å². The van der Waals surface area contributed by atoms with E-state index in [1.807, 2.05) is 55.5 Å². The van der Waals surface area contributed by atoms with Crippen LogP contribution >= 0.6 is 0 Å². The molecular weight excluding hydrogens is 342 g/mol. The molecule has 0 aliphatic rings. The molecule has 0 radical (unpaired) electrons. The van der Waals surface area contributed by atoms with E-state index in [0.29, 0.717) is 5.69 Å². The molecule has 0 fully saturated rings. The van der Waals surface area contributed by atoms with Crippen molar-refractivity contribution in [2.45, 2.75) is 13.0 Å². The average molecular weight is 361 g/mol. The predicted octanol–water partition coefficient (Wildman–Crippen LogP) is 1.86. The molecule has 0 bridgehead atoms. The van der Waals surface area contributed by atoms with Gasteiger partial charge in [0.05, 0.1) is 11.7 Å². The zero-order valence-corrected chi connectivity index (χ0v) is 15.3. The number of hydrogen-bond acceptors (Lipinski definition) is 5. The van der Waals surface area contributed by atoms with Crippen LogP contribution < -0.4 is 16.6 Å². The van der Waals surface area contributed by atoms with Crippen LogP contribution in [0.3, 0.4) is 0 Å². The number of nitrogens with one attached hydrogen (secondary N) is 1. The minimum Gasteiger partial charge on any atom is -0.358 e. The van der Waals surface area contributed by atoms with Gasteiger partial charge in [0.25, 0.3) is 5.56 Å². The summed E-state index contributed by atoms with van der Waals surface area (Å²) >= 11 is 0. The molecular formula is C20H19N5O2. The molecule has 1 aromatic carbocycles. The smallest absolute Gasteiger partial charge is 0.332 e. The normalized spacial score (nSPS) is 11.6. The van der Waals surface area contributed by atoms with Crippen molar-refractivity contribution in [3.8, 4) is 6.07 Å². The number of nitrogens with zero attached hydrogens (tertiary/aromatic N) is 4. The Morgan fingerprint density at radius 3 is 2.52 bits per heavy atom. The third-order valence-corrected chi connectivity index (χ3v) is 4.42. The Hall–Kier alpha value is -3.66. The Morgan fingerprint density at radius 1 is 1.11 bits per heavy atom. The lowest BCUT2D eigenvalue weighted by molar-refractivity contribution is 0.679. The first-order chi connectivity index (χ1) is 12.9. The number of aryl methyl sites for hydroxylation is 1. The summed E-state index contributed by atoms with van der Waals surface area (Å²) in [4.78, 5) is 29.1. The molecule has 7 heteroatoms. The number of rotatable bonds is 4. The summed E-state index contributed by atoms with van der Waals surface area (Å²) in [6.07, 6.45) is 1.67. The monoisotopic (exact) mass is 361 g/mol. The van der Waals surface area contributed by atoms with E-state index in [9.17, 15) is 14.9 Å². The van der Waals surface area contributed by atoms with Crippen LogP contribution in [0.15, 0.2) is 58.3 Å². The van der Waals surface area contributed by atoms with Crippen LogP contribution in [-0.2, 0) is 14.1 Å². The fourth-order valence-electron chi connectivity index (χ4n) is 2.98. The maximum Gasteiger partial charge on any atom is 0.332 e. The van der Waals surface area contributed by atoms with Gasteiger partial charge in [-0.1, -0.05) is 35.9 Å². The molecule has 3 rings (SSSR count). The lowest BCUT2D eigenvalue weighted by Crippen LogP contribution is -2.40. The third-order valence-electron chi connectivity index (χ3n) is 4.42. The highest BCUT2D eigenvalue weighted by Gasteiger charge is 2.21. The number of anilines is 1. The van der Waals surface area contributed by atoms with Gasteiger partial charge in [-0.3, -0.25) is 18.9 Å². The first-order valence-corrected chi connectivity index (χ1v) is 8.38. The van der Waals surface area contributed by atoms with Gasteiger partial charge in [0.15, 0.2) is 5.56 Å². The number of benzene rings is 1. The van der Waals surface area contributed by atoms with E-state index in [4.69, 9.17) is 0 Å². The van der Waals surface area contributed by atoms with Gasteiger partial charge in [-0.15, -0.1) is 0 Å². The van der Waals surface area contributed by atoms with Gasteiger partial charge in [-0.05, 0) is 24.6 Å². The maximum atomic E-state index is 12.4. The second kappa shape index (κ2) is 7.30. The average Bonchev–Trinajstić information content (AvgIpc) is 2.68. The second-order valence-corrected chi connectivity index (χ2v) is 6.29. The highest BCUT2D eigenvalue weighted by atomic mass is 16.2. The molecule has 1 unspecified atom stereocenters. The van der Waals surface area contributed by atoms with Crippen LogP contribution in [-0.4, -0.2) is 14.1 Å². The highest BCUT2D eigenvalue weighted by Crippen LogP contribution is 2.26. The first kappa shape index (κ1) is 18.1. The van der Waals surface area contributed by atoms with Crippen LogP contribution in [0.5, 0.6) is 0 Å². The molecule has 0 saturated carbocycles. The number of aromatic nitrogens is 3. The highest BCUT2D eigenvalue weighted by molar-refractivity contribution is 5.54. The van der Waals surface area contributed by atoms with E-state index in [-0.39, 0.29) is 11.4 Å². The van der Waals surface area contributed by atoms with Gasteiger partial charge in [-0.25, -0.2) is 4.79 Å². The lowest BCUT2D eigenvalue weighted by Gasteiger charge is -2.22. The zero-order valence-electron chi connectivity index (χ0n) is 15.3. The quantitative estimate of drug-likeness (QED) is 0.766. The van der Waals surface area contributed by atoms with Crippen molar-refractivity contribution < 1.29 is 0 Å². The SMILES string of the molecule is Cc1cccc(C(Nc2c(C#N)c(=O)n(C)c(=O)n2C)c2ccccn2)c1. The fraction of sp³-hybridized carbons (Fsp3) is 0.200. The number of hydrogen-bond donors (Lipinski definition) is 1. The second-order valence-electron chi connectivity index (χ2n) is 6.29. The molecule has 1 N–H and O–H groups in total. The van der Waals surface area contributed by atoms with Gasteiger partial charge >= 0.3 is 5.69 Å². The third kappa shape index (κ3) is 3.37. The van der Waals surface area contributed by atoms with Gasteiger partial charge in [0.2, 0.25) is 0 Å². The zero-order chi connectivity index (χ0) is 19.6. The van der Waals surface area contributed by atoms with Gasteiger partial charge in [-0.2, -0.15) is 5.26 Å². The Morgan fingerprint density at radius 2 is 1.89 bits per heavy atom. The van der Waals surface area contributed by atoms with Crippen molar-refractivity contribution in [2.24, 2.45) is 14.1 Å². The summed E-state index contributed by atoms with van der Waals surface area (Å²) in [5.74, 6) is 0.169. The summed E-state index contributed by atoms with van der Waals surface area (Å²) in [5, 5.41) is 12.7. The lowest BCUT2D eigenvalue weighted by atomic mass is 10.0. The maximum absolute atomic E-state index is 12.4. The van der Waals surface area contributed by atoms with Crippen LogP contribution in [0.25, 0.3) is 0 Å². The molecule has 0 spiro atoms. The summed E-state index contributed by atoms with van der Waals surface area (Å²) < 4.78 is 2.19. The molecule has 0 aliphatic heterocycles. The van der Waals surface area contributed by atoms with E-state index in [2.05, 4.69) is 10.3 Å². The van der Waals surface area contributed by atoms with Crippen LogP contribution in [0.2, 0.25) is 0 Å². The molecule has 7 nitrogen and oxygen atoms in total. The molecule has 3 aromatic rings. The van der Waals surface area contributed by atoms with E-state index in [1.165, 1.54) is 18.7 Å². The number of pyridine rings is 1. The minimum atomic E-state index is -0.632. The van der Waals surface area contributed by atoms with Crippen LogP contribution in [0.1, 0.15) is 28.4 Å². The predicted molar refractivity (Wildman–Crippen MR) is 103 cm³/mol. The fourth-order valence-corrected chi connectivity index (χ4v) is 2.98. The Bertz CT molecular complexity index is 1140. The first-order valence-electron chi connectivity index (χ1n) is 8.38. The van der Waals surface area contributed by atoms with Crippen molar-refractivity contribution in [1.29, 1.82) is 5.26 Å². The molecule has 2 aromatic heterocycles. The number of nitriles is 1. The minimum absolute atomic E-state index is 0.117. The molecule has 1 atom stereocenters. The molecule has 136 valence electrons. The molecule has 27 heavy (non-hydrogen) atoms. The Kier molecular flexibility index (Phi) is 4.90. The van der Waals surface area contributed by atoms with Crippen molar-refractivity contribution >= 4 is 5.82 Å². The van der Waals surface area contributed by atoms with Crippen molar-refractivity contribution in [1.82, 2.24) is 14.1 Å². The summed E-state index contributed by atoms with van der Waals surface area (Å²) in [6, 6.07) is 14.8. The standard InChI is InChI=1S/C20H19N5O2/c1-13-7-6-8-14(11-13)17(16-9-4-5-10-22-16)23-18-15(12-21)19(26)25(3)20(27)24(18)2/h4-11,17,23H,1-3H3. The summed E-state index contributed by atoms with van der Waals surface area (Å²) in [5.41, 5.74) is 1.42. The van der Waals surface area contributed by atoms with Gasteiger partial charge in [0, 0.05) is 20.3 Å². The summed E-state index contributed by atoms with van der Waals surface area (Å²) in [7, 11) is 2.88.